The van der Waals surface area contributed by atoms with Crippen LogP contribution in [0.15, 0.2) is 42.7 Å². The van der Waals surface area contributed by atoms with Crippen molar-refractivity contribution >= 4 is 23.2 Å². The van der Waals surface area contributed by atoms with Gasteiger partial charge in [-0.25, -0.2) is 14.4 Å². The molecule has 2 aromatic carbocycles. The zero-order valence-electron chi connectivity index (χ0n) is 18.8. The third-order valence-corrected chi connectivity index (χ3v) is 6.11. The predicted molar refractivity (Wildman–Crippen MR) is 128 cm³/mol. The molecule has 4 aromatic rings. The van der Waals surface area contributed by atoms with Gasteiger partial charge in [0.2, 0.25) is 5.95 Å². The molecule has 0 fully saturated rings. The second-order valence-electron chi connectivity index (χ2n) is 8.58. The minimum atomic E-state index is -0.244. The molecule has 0 spiro atoms. The molecule has 1 aliphatic heterocycles. The van der Waals surface area contributed by atoms with Crippen LogP contribution in [0.5, 0.6) is 5.75 Å². The highest BCUT2D eigenvalue weighted by atomic mass is 35.5. The lowest BCUT2D eigenvalue weighted by Crippen LogP contribution is -2.10. The summed E-state index contributed by atoms with van der Waals surface area (Å²) in [6, 6.07) is 9.21. The summed E-state index contributed by atoms with van der Waals surface area (Å²) in [6.45, 7) is 3.63. The van der Waals surface area contributed by atoms with Gasteiger partial charge >= 0.3 is 0 Å². The first-order chi connectivity index (χ1) is 15.9. The molecular formula is C25H25ClFN5O. The van der Waals surface area contributed by atoms with Gasteiger partial charge in [-0.3, -0.25) is 4.40 Å². The Morgan fingerprint density at radius 1 is 1.21 bits per heavy atom. The summed E-state index contributed by atoms with van der Waals surface area (Å²) in [6.07, 6.45) is 4.39. The average Bonchev–Trinajstić information content (AvgIpc) is 3.39. The number of aromatic nitrogens is 3. The predicted octanol–water partition coefficient (Wildman–Crippen LogP) is 5.11. The maximum Gasteiger partial charge on any atom is 0.208 e. The number of aryl methyl sites for hydroxylation is 1. The number of nitrogens with zero attached hydrogens (tertiary/aromatic N) is 4. The molecule has 33 heavy (non-hydrogen) atoms. The summed E-state index contributed by atoms with van der Waals surface area (Å²) >= 11 is 6.65. The van der Waals surface area contributed by atoms with Crippen molar-refractivity contribution in [2.45, 2.75) is 26.4 Å². The van der Waals surface area contributed by atoms with Crippen LogP contribution in [-0.4, -0.2) is 40.0 Å². The second kappa shape index (κ2) is 8.65. The largest absolute Gasteiger partial charge is 0.493 e. The molecule has 170 valence electrons. The third-order valence-electron chi connectivity index (χ3n) is 5.80. The van der Waals surface area contributed by atoms with Gasteiger partial charge < -0.3 is 15.0 Å². The fourth-order valence-corrected chi connectivity index (χ4v) is 4.63. The fourth-order valence-electron chi connectivity index (χ4n) is 4.33. The average molecular weight is 466 g/mol. The summed E-state index contributed by atoms with van der Waals surface area (Å²) < 4.78 is 22.0. The van der Waals surface area contributed by atoms with Crippen LogP contribution < -0.4 is 10.1 Å². The Morgan fingerprint density at radius 3 is 2.85 bits per heavy atom. The highest BCUT2D eigenvalue weighted by Gasteiger charge is 2.20. The lowest BCUT2D eigenvalue weighted by Gasteiger charge is -2.14. The van der Waals surface area contributed by atoms with Crippen LogP contribution in [0.1, 0.15) is 22.4 Å². The highest BCUT2D eigenvalue weighted by Crippen LogP contribution is 2.33. The fraction of sp³-hybridized carbons (Fsp3) is 0.280. The van der Waals surface area contributed by atoms with E-state index in [1.54, 1.807) is 12.3 Å². The summed E-state index contributed by atoms with van der Waals surface area (Å²) in [5.41, 5.74) is 5.98. The minimum absolute atomic E-state index is 0.244. The monoisotopic (exact) mass is 465 g/mol. The van der Waals surface area contributed by atoms with Crippen LogP contribution in [0.25, 0.3) is 16.8 Å². The van der Waals surface area contributed by atoms with E-state index in [9.17, 15) is 4.39 Å². The van der Waals surface area contributed by atoms with E-state index in [0.29, 0.717) is 36.1 Å². The number of rotatable bonds is 6. The van der Waals surface area contributed by atoms with Crippen LogP contribution in [0, 0.1) is 12.7 Å². The molecule has 1 N–H and O–H groups in total. The molecule has 2 aromatic heterocycles. The maximum atomic E-state index is 14.6. The Bertz CT molecular complexity index is 1350. The first kappa shape index (κ1) is 21.7. The van der Waals surface area contributed by atoms with Crippen LogP contribution in [-0.2, 0) is 19.5 Å². The number of fused-ring (bicyclic) bond motifs is 2. The van der Waals surface area contributed by atoms with Gasteiger partial charge in [0.15, 0.2) is 0 Å². The Kier molecular flexibility index (Phi) is 5.68. The quantitative estimate of drug-likeness (QED) is 0.429. The summed E-state index contributed by atoms with van der Waals surface area (Å²) in [5.74, 6) is 1.10. The van der Waals surface area contributed by atoms with E-state index >= 15 is 0 Å². The Balaban J connectivity index is 1.49. The number of ether oxygens (including phenoxy) is 1. The van der Waals surface area contributed by atoms with Gasteiger partial charge in [0.1, 0.15) is 17.2 Å². The van der Waals surface area contributed by atoms with Crippen LogP contribution >= 0.6 is 11.6 Å². The summed E-state index contributed by atoms with van der Waals surface area (Å²) in [7, 11) is 4.05. The number of imidazole rings is 1. The van der Waals surface area contributed by atoms with Crippen molar-refractivity contribution in [3.8, 4) is 16.9 Å². The van der Waals surface area contributed by atoms with Gasteiger partial charge in [-0.1, -0.05) is 23.7 Å². The molecule has 0 saturated carbocycles. The van der Waals surface area contributed by atoms with Crippen LogP contribution in [0.3, 0.4) is 0 Å². The van der Waals surface area contributed by atoms with Gasteiger partial charge in [-0.2, -0.15) is 0 Å². The molecule has 8 heteroatoms. The van der Waals surface area contributed by atoms with Gasteiger partial charge in [0, 0.05) is 59.2 Å². The van der Waals surface area contributed by atoms with Crippen molar-refractivity contribution in [1.82, 2.24) is 19.3 Å². The zero-order valence-corrected chi connectivity index (χ0v) is 19.6. The number of halogens is 2. The van der Waals surface area contributed by atoms with Crippen LogP contribution in [0.2, 0.25) is 5.02 Å². The van der Waals surface area contributed by atoms with E-state index < -0.39 is 0 Å². The lowest BCUT2D eigenvalue weighted by molar-refractivity contribution is 0.356. The number of benzene rings is 2. The number of nitrogens with one attached hydrogen (secondary N) is 1. The standard InChI is InChI=1S/C25H25ClFN5O/c1-15-13-32-24(30-15)20(17-5-4-16(10-21(17)26)14-31(2)3)12-29-25(32)28-11-19-18-8-9-33-23(18)7-6-22(19)27/h4-7,10,12-13H,8-9,11,14H2,1-3H3,(H,28,29). The molecule has 0 amide bonds. The van der Waals surface area contributed by atoms with Crippen molar-refractivity contribution in [2.24, 2.45) is 0 Å². The second-order valence-corrected chi connectivity index (χ2v) is 8.99. The van der Waals surface area contributed by atoms with E-state index in [1.807, 2.05) is 43.7 Å². The first-order valence-corrected chi connectivity index (χ1v) is 11.2. The van der Waals surface area contributed by atoms with E-state index in [0.717, 1.165) is 45.9 Å². The molecule has 0 aliphatic carbocycles. The molecule has 6 nitrogen and oxygen atoms in total. The highest BCUT2D eigenvalue weighted by molar-refractivity contribution is 6.33. The van der Waals surface area contributed by atoms with Crippen molar-refractivity contribution in [3.05, 3.63) is 75.9 Å². The summed E-state index contributed by atoms with van der Waals surface area (Å²) in [4.78, 5) is 11.5. The molecule has 0 radical (unpaired) electrons. The van der Waals surface area contributed by atoms with Crippen molar-refractivity contribution < 1.29 is 9.13 Å². The molecule has 5 rings (SSSR count). The summed E-state index contributed by atoms with van der Waals surface area (Å²) in [5, 5.41) is 3.94. The molecule has 1 aliphatic rings. The van der Waals surface area contributed by atoms with Gasteiger partial charge in [-0.15, -0.1) is 0 Å². The topological polar surface area (TPSA) is 54.7 Å². The van der Waals surface area contributed by atoms with Crippen LogP contribution in [0.4, 0.5) is 10.3 Å². The maximum absolute atomic E-state index is 14.6. The minimum Gasteiger partial charge on any atom is -0.493 e. The Morgan fingerprint density at radius 2 is 2.06 bits per heavy atom. The van der Waals surface area contributed by atoms with Gasteiger partial charge in [-0.05, 0) is 44.8 Å². The van der Waals surface area contributed by atoms with E-state index in [2.05, 4.69) is 21.3 Å². The van der Waals surface area contributed by atoms with E-state index in [4.69, 9.17) is 21.3 Å². The van der Waals surface area contributed by atoms with E-state index in [1.165, 1.54) is 6.07 Å². The molecule has 3 heterocycles. The smallest absolute Gasteiger partial charge is 0.208 e. The first-order valence-electron chi connectivity index (χ1n) is 10.9. The lowest BCUT2D eigenvalue weighted by atomic mass is 10.0. The molecule has 0 unspecified atom stereocenters. The zero-order chi connectivity index (χ0) is 23.1. The molecule has 0 bridgehead atoms. The normalized spacial score (nSPS) is 12.9. The molecule has 0 atom stereocenters. The Hall–Kier alpha value is -3.16. The molecule has 0 saturated heterocycles. The number of hydrogen-bond acceptors (Lipinski definition) is 5. The number of anilines is 1. The van der Waals surface area contributed by atoms with Gasteiger partial charge in [0.05, 0.1) is 12.3 Å². The Labute approximate surface area is 197 Å². The van der Waals surface area contributed by atoms with Crippen molar-refractivity contribution in [3.63, 3.8) is 0 Å². The molecular weight excluding hydrogens is 441 g/mol. The van der Waals surface area contributed by atoms with Crippen molar-refractivity contribution in [1.29, 1.82) is 0 Å². The van der Waals surface area contributed by atoms with E-state index in [-0.39, 0.29) is 5.82 Å². The number of hydrogen-bond donors (Lipinski definition) is 1. The third kappa shape index (κ3) is 4.14. The SMILES string of the molecule is Cc1cn2c(NCc3c(F)ccc4c3CCO4)ncc(-c3ccc(CN(C)C)cc3Cl)c2n1. The van der Waals surface area contributed by atoms with Crippen molar-refractivity contribution in [2.75, 3.05) is 26.0 Å². The van der Waals surface area contributed by atoms with Gasteiger partial charge in [0.25, 0.3) is 0 Å².